The van der Waals surface area contributed by atoms with Crippen molar-refractivity contribution >= 4 is 50.6 Å². The lowest BCUT2D eigenvalue weighted by Crippen LogP contribution is -2.40. The van der Waals surface area contributed by atoms with Crippen LogP contribution in [0.4, 0.5) is 5.69 Å². The Bertz CT molecular complexity index is 1000. The molecule has 1 aromatic carbocycles. The largest absolute Gasteiger partial charge is 0.311 e. The molecule has 2 atom stereocenters. The molecule has 3 rings (SSSR count). The fourth-order valence-electron chi connectivity index (χ4n) is 3.09. The molecule has 0 saturated carbocycles. The Morgan fingerprint density at radius 1 is 1.24 bits per heavy atom. The maximum atomic E-state index is 12.7. The number of sulfonamides is 1. The molecule has 0 radical (unpaired) electrons. The van der Waals surface area contributed by atoms with Gasteiger partial charge < -0.3 is 9.80 Å². The minimum Gasteiger partial charge on any atom is -0.311 e. The van der Waals surface area contributed by atoms with E-state index in [0.29, 0.717) is 17.3 Å². The van der Waals surface area contributed by atoms with E-state index in [0.717, 1.165) is 21.5 Å². The van der Waals surface area contributed by atoms with Gasteiger partial charge in [-0.25, -0.2) is 8.42 Å². The number of benzene rings is 1. The van der Waals surface area contributed by atoms with Gasteiger partial charge in [0.2, 0.25) is 15.9 Å². The van der Waals surface area contributed by atoms with Crippen molar-refractivity contribution in [3.05, 3.63) is 56.6 Å². The van der Waals surface area contributed by atoms with Crippen LogP contribution >= 0.6 is 22.9 Å². The van der Waals surface area contributed by atoms with Crippen LogP contribution < -0.4 is 9.62 Å². The summed E-state index contributed by atoms with van der Waals surface area (Å²) in [7, 11) is 0.289. The third kappa shape index (κ3) is 5.46. The van der Waals surface area contributed by atoms with E-state index >= 15 is 0 Å². The summed E-state index contributed by atoms with van der Waals surface area (Å²) >= 11 is 7.13. The van der Waals surface area contributed by atoms with E-state index in [9.17, 15) is 13.2 Å². The van der Waals surface area contributed by atoms with E-state index in [1.54, 1.807) is 17.0 Å². The number of nitrogens with one attached hydrogen (secondary N) is 1. The molecule has 0 aliphatic carbocycles. The predicted octanol–water partition coefficient (Wildman–Crippen LogP) is 3.72. The van der Waals surface area contributed by atoms with Gasteiger partial charge in [-0.3, -0.25) is 4.79 Å². The molecule has 9 heteroatoms. The van der Waals surface area contributed by atoms with Gasteiger partial charge in [0.25, 0.3) is 0 Å². The molecule has 1 aliphatic heterocycles. The van der Waals surface area contributed by atoms with Crippen molar-refractivity contribution in [2.24, 2.45) is 0 Å². The summed E-state index contributed by atoms with van der Waals surface area (Å²) in [5, 5.41) is 1.07. The van der Waals surface area contributed by atoms with Crippen molar-refractivity contribution in [1.29, 1.82) is 0 Å². The second-order valence-corrected chi connectivity index (χ2v) is 10.5. The maximum absolute atomic E-state index is 12.7. The Morgan fingerprint density at radius 2 is 1.93 bits per heavy atom. The van der Waals surface area contributed by atoms with Crippen LogP contribution in [0.3, 0.4) is 0 Å². The molecule has 156 valence electrons. The third-order valence-electron chi connectivity index (χ3n) is 4.98. The number of carbonyl (C=O) groups excluding carboxylic acids is 1. The molecule has 1 saturated heterocycles. The summed E-state index contributed by atoms with van der Waals surface area (Å²) in [5.41, 5.74) is 1.93. The minimum atomic E-state index is -3.74. The van der Waals surface area contributed by atoms with Crippen LogP contribution in [0.15, 0.2) is 41.8 Å². The summed E-state index contributed by atoms with van der Waals surface area (Å²) < 4.78 is 27.7. The van der Waals surface area contributed by atoms with Gasteiger partial charge in [-0.15, -0.1) is 11.3 Å². The number of thiophene rings is 1. The van der Waals surface area contributed by atoms with Crippen molar-refractivity contribution in [2.45, 2.75) is 25.4 Å². The first-order valence-corrected chi connectivity index (χ1v) is 11.9. The monoisotopic (exact) mass is 453 g/mol. The molecule has 2 aromatic rings. The molecule has 6 nitrogen and oxygen atoms in total. The van der Waals surface area contributed by atoms with E-state index < -0.39 is 16.1 Å². The van der Waals surface area contributed by atoms with Gasteiger partial charge in [0.15, 0.2) is 0 Å². The summed E-state index contributed by atoms with van der Waals surface area (Å²) in [6, 6.07) is 10.8. The van der Waals surface area contributed by atoms with E-state index in [-0.39, 0.29) is 11.9 Å². The number of carbonyl (C=O) groups is 1. The number of rotatable bonds is 7. The lowest BCUT2D eigenvalue weighted by Gasteiger charge is -2.22. The summed E-state index contributed by atoms with van der Waals surface area (Å²) in [5.74, 6) is -0.241. The normalized spacial score (nSPS) is 18.9. The van der Waals surface area contributed by atoms with Gasteiger partial charge in [0.05, 0.1) is 4.34 Å². The zero-order valence-electron chi connectivity index (χ0n) is 16.5. The van der Waals surface area contributed by atoms with E-state index in [2.05, 4.69) is 16.5 Å². The quantitative estimate of drug-likeness (QED) is 0.693. The van der Waals surface area contributed by atoms with Gasteiger partial charge >= 0.3 is 0 Å². The molecule has 1 aromatic heterocycles. The van der Waals surface area contributed by atoms with Crippen LogP contribution in [0.2, 0.25) is 4.34 Å². The number of amides is 1. The van der Waals surface area contributed by atoms with Gasteiger partial charge in [-0.1, -0.05) is 23.7 Å². The predicted molar refractivity (Wildman–Crippen MR) is 120 cm³/mol. The average molecular weight is 454 g/mol. The van der Waals surface area contributed by atoms with Gasteiger partial charge in [-0.05, 0) is 63.3 Å². The topological polar surface area (TPSA) is 69.7 Å². The highest BCUT2D eigenvalue weighted by molar-refractivity contribution is 7.92. The molecular weight excluding hydrogens is 430 g/mol. The molecule has 1 fully saturated rings. The van der Waals surface area contributed by atoms with Gasteiger partial charge in [-0.2, -0.15) is 4.72 Å². The summed E-state index contributed by atoms with van der Waals surface area (Å²) in [4.78, 5) is 17.2. The molecular formula is C20H24ClN3O3S2. The molecule has 2 unspecified atom stereocenters. The van der Waals surface area contributed by atoms with Crippen LogP contribution in [0.5, 0.6) is 0 Å². The van der Waals surface area contributed by atoms with Crippen LogP contribution in [0.25, 0.3) is 6.08 Å². The molecule has 1 amide bonds. The van der Waals surface area contributed by atoms with E-state index in [1.165, 1.54) is 17.4 Å². The molecule has 0 bridgehead atoms. The highest BCUT2D eigenvalue weighted by atomic mass is 35.5. The summed E-state index contributed by atoms with van der Waals surface area (Å²) in [6.45, 7) is 2.58. The lowest BCUT2D eigenvalue weighted by molar-refractivity contribution is -0.118. The van der Waals surface area contributed by atoms with Gasteiger partial charge in [0, 0.05) is 28.6 Å². The van der Waals surface area contributed by atoms with Crippen LogP contribution in [0, 0.1) is 0 Å². The second kappa shape index (κ2) is 8.97. The molecule has 1 N–H and O–H groups in total. The third-order valence-corrected chi connectivity index (χ3v) is 7.28. The second-order valence-electron chi connectivity index (χ2n) is 7.17. The van der Waals surface area contributed by atoms with Crippen LogP contribution in [-0.2, 0) is 14.8 Å². The number of halogens is 1. The maximum Gasteiger partial charge on any atom is 0.245 e. The Morgan fingerprint density at radius 3 is 2.52 bits per heavy atom. The molecule has 29 heavy (non-hydrogen) atoms. The smallest absolute Gasteiger partial charge is 0.245 e. The first-order valence-electron chi connectivity index (χ1n) is 9.20. The number of hydrogen-bond donors (Lipinski definition) is 1. The minimum absolute atomic E-state index is 0.241. The van der Waals surface area contributed by atoms with Crippen molar-refractivity contribution < 1.29 is 13.2 Å². The fourth-order valence-corrected chi connectivity index (χ4v) is 5.16. The average Bonchev–Trinajstić information content (AvgIpc) is 3.25. The Kier molecular flexibility index (Phi) is 6.80. The van der Waals surface area contributed by atoms with E-state index in [1.807, 2.05) is 38.4 Å². The van der Waals surface area contributed by atoms with Crippen molar-refractivity contribution in [1.82, 2.24) is 9.62 Å². The Labute approximate surface area is 180 Å². The SMILES string of the molecule is CC(c1ccc(N2CCC(NS(=O)(=O)/C=C/c3ccc(Cl)s3)C2=O)cc1)N(C)C. The molecule has 2 heterocycles. The van der Waals surface area contributed by atoms with Gasteiger partial charge in [0.1, 0.15) is 6.04 Å². The number of anilines is 1. The van der Waals surface area contributed by atoms with Crippen LogP contribution in [0.1, 0.15) is 29.8 Å². The lowest BCUT2D eigenvalue weighted by atomic mass is 10.1. The van der Waals surface area contributed by atoms with Crippen LogP contribution in [-0.4, -0.2) is 45.9 Å². The number of nitrogens with zero attached hydrogens (tertiary/aromatic N) is 2. The van der Waals surface area contributed by atoms with Crippen molar-refractivity contribution in [2.75, 3.05) is 25.5 Å². The summed E-state index contributed by atoms with van der Waals surface area (Å²) in [6.07, 6.45) is 1.90. The first kappa shape index (κ1) is 22.0. The van der Waals surface area contributed by atoms with Crippen molar-refractivity contribution in [3.8, 4) is 0 Å². The fraction of sp³-hybridized carbons (Fsp3) is 0.350. The number of hydrogen-bond acceptors (Lipinski definition) is 5. The molecule has 1 aliphatic rings. The van der Waals surface area contributed by atoms with E-state index in [4.69, 9.17) is 11.6 Å². The standard InChI is InChI=1S/C20H24ClN3O3S2/c1-14(23(2)3)15-4-6-16(7-5-15)24-12-10-18(20(24)25)22-29(26,27)13-11-17-8-9-19(21)28-17/h4-9,11,13-14,18,22H,10,12H2,1-3H3/b13-11+. The molecule has 0 spiro atoms. The highest BCUT2D eigenvalue weighted by Gasteiger charge is 2.34. The Hall–Kier alpha value is -1.71. The zero-order chi connectivity index (χ0) is 21.2. The Balaban J connectivity index is 1.65. The first-order chi connectivity index (χ1) is 13.7. The zero-order valence-corrected chi connectivity index (χ0v) is 18.9. The highest BCUT2D eigenvalue weighted by Crippen LogP contribution is 2.26. The van der Waals surface area contributed by atoms with Crippen molar-refractivity contribution in [3.63, 3.8) is 0 Å².